The number of nitrogens with one attached hydrogen (secondary N) is 3. The molecule has 224 valence electrons. The van der Waals surface area contributed by atoms with Crippen LogP contribution >= 0.6 is 0 Å². The maximum Gasteiger partial charge on any atom is 0.220 e. The van der Waals surface area contributed by atoms with Crippen LogP contribution in [-0.4, -0.2) is 50.0 Å². The van der Waals surface area contributed by atoms with Crippen LogP contribution in [0.4, 0.5) is 0 Å². The first-order chi connectivity index (χ1) is 18.6. The van der Waals surface area contributed by atoms with Crippen LogP contribution in [0.3, 0.4) is 0 Å². The number of carbonyl (C=O) groups is 2. The van der Waals surface area contributed by atoms with Crippen molar-refractivity contribution in [2.75, 3.05) is 26.2 Å². The molecule has 4 rings (SSSR count). The third kappa shape index (κ3) is 6.75. The van der Waals surface area contributed by atoms with Crippen LogP contribution < -0.4 is 21.7 Å². The second kappa shape index (κ2) is 13.3. The van der Waals surface area contributed by atoms with E-state index in [9.17, 15) is 9.59 Å². The fourth-order valence-electron chi connectivity index (χ4n) is 9.92. The van der Waals surface area contributed by atoms with E-state index in [1.54, 1.807) is 0 Å². The molecule has 1 amide bonds. The third-order valence-electron chi connectivity index (χ3n) is 12.0. The molecule has 39 heavy (non-hydrogen) atoms. The van der Waals surface area contributed by atoms with E-state index in [0.717, 1.165) is 51.9 Å². The number of rotatable bonds is 13. The zero-order valence-electron chi connectivity index (χ0n) is 25.8. The molecule has 9 atom stereocenters. The number of nitrogens with two attached hydrogens (primary N) is 1. The van der Waals surface area contributed by atoms with Gasteiger partial charge >= 0.3 is 0 Å². The predicted octanol–water partition coefficient (Wildman–Crippen LogP) is 5.05. The van der Waals surface area contributed by atoms with Crippen molar-refractivity contribution in [3.8, 4) is 0 Å². The molecule has 4 fully saturated rings. The van der Waals surface area contributed by atoms with Crippen molar-refractivity contribution in [1.82, 2.24) is 16.0 Å². The van der Waals surface area contributed by atoms with E-state index >= 15 is 0 Å². The summed E-state index contributed by atoms with van der Waals surface area (Å²) >= 11 is 0. The number of fused-ring (bicyclic) bond motifs is 5. The molecule has 0 aromatic heterocycles. The zero-order valence-corrected chi connectivity index (χ0v) is 25.8. The Balaban J connectivity index is 1.33. The monoisotopic (exact) mass is 544 g/mol. The summed E-state index contributed by atoms with van der Waals surface area (Å²) in [6.07, 6.45) is 13.2. The summed E-state index contributed by atoms with van der Waals surface area (Å²) in [4.78, 5) is 26.2. The molecule has 0 spiro atoms. The first-order valence-electron chi connectivity index (χ1n) is 16.6. The average molecular weight is 545 g/mol. The van der Waals surface area contributed by atoms with Gasteiger partial charge in [0.05, 0.1) is 0 Å². The largest absolute Gasteiger partial charge is 0.354 e. The Morgan fingerprint density at radius 3 is 2.44 bits per heavy atom. The van der Waals surface area contributed by atoms with E-state index in [0.29, 0.717) is 53.3 Å². The van der Waals surface area contributed by atoms with E-state index in [2.05, 4.69) is 36.7 Å². The lowest BCUT2D eigenvalue weighted by Crippen LogP contribution is -2.58. The normalized spacial score (nSPS) is 38.7. The highest BCUT2D eigenvalue weighted by Crippen LogP contribution is 2.67. The van der Waals surface area contributed by atoms with Gasteiger partial charge in [0.1, 0.15) is 5.78 Å². The summed E-state index contributed by atoms with van der Waals surface area (Å²) < 4.78 is 0. The molecule has 0 bridgehead atoms. The summed E-state index contributed by atoms with van der Waals surface area (Å²) in [7, 11) is 0. The smallest absolute Gasteiger partial charge is 0.220 e. The standard InChI is InChI=1S/C33H60N4O2/c1-22(2)37-30(39)11-8-23(3)26-9-10-27-31-28(13-15-33(26,27)5)32(4)14-12-25(20-24(32)21-29(31)38)36-19-7-18-35-17-6-16-34/h22-28,31,35-36H,6-21,34H2,1-5H3,(H,37,39)/t23-,24?,25+,26-,27?,28?,31?,32+,33-/m1/s1. The molecule has 0 heterocycles. The van der Waals surface area contributed by atoms with Crippen LogP contribution in [0.15, 0.2) is 0 Å². The lowest BCUT2D eigenvalue weighted by atomic mass is 9.44. The Morgan fingerprint density at radius 1 is 0.974 bits per heavy atom. The van der Waals surface area contributed by atoms with Gasteiger partial charge in [-0.15, -0.1) is 0 Å². The second-order valence-corrected chi connectivity index (χ2v) is 14.7. The number of ketones is 1. The SMILES string of the molecule is CC(C)NC(=O)CC[C@@H](C)[C@H]1CCC2C3C(=O)CC4C[C@@H](NCCCNCCCN)CC[C@]4(C)C3CC[C@@]21C. The Hall–Kier alpha value is -0.980. The highest BCUT2D eigenvalue weighted by Gasteiger charge is 2.63. The topological polar surface area (TPSA) is 96.2 Å². The number of Topliss-reactive ketones (excluding diaryl/α,β-unsaturated/α-hetero) is 1. The molecule has 0 aliphatic heterocycles. The first-order valence-corrected chi connectivity index (χ1v) is 16.6. The van der Waals surface area contributed by atoms with E-state index < -0.39 is 0 Å². The lowest BCUT2D eigenvalue weighted by Gasteiger charge is -2.60. The van der Waals surface area contributed by atoms with Gasteiger partial charge in [-0.25, -0.2) is 0 Å². The van der Waals surface area contributed by atoms with Crippen LogP contribution in [0.5, 0.6) is 0 Å². The Labute approximate surface area is 239 Å². The predicted molar refractivity (Wildman–Crippen MR) is 160 cm³/mol. The molecular weight excluding hydrogens is 484 g/mol. The minimum absolute atomic E-state index is 0.186. The summed E-state index contributed by atoms with van der Waals surface area (Å²) in [6, 6.07) is 0.772. The first kappa shape index (κ1) is 31.0. The van der Waals surface area contributed by atoms with E-state index in [-0.39, 0.29) is 23.3 Å². The average Bonchev–Trinajstić information content (AvgIpc) is 3.24. The van der Waals surface area contributed by atoms with Crippen LogP contribution in [0.25, 0.3) is 0 Å². The van der Waals surface area contributed by atoms with Gasteiger partial charge in [-0.1, -0.05) is 20.8 Å². The molecule has 6 heteroatoms. The second-order valence-electron chi connectivity index (χ2n) is 14.7. The maximum atomic E-state index is 13.9. The summed E-state index contributed by atoms with van der Waals surface area (Å²) in [5.74, 6) is 3.88. The number of carbonyl (C=O) groups excluding carboxylic acids is 2. The van der Waals surface area contributed by atoms with Gasteiger partial charge in [0, 0.05) is 30.8 Å². The van der Waals surface area contributed by atoms with Gasteiger partial charge in [0.15, 0.2) is 0 Å². The van der Waals surface area contributed by atoms with Crippen molar-refractivity contribution >= 4 is 11.7 Å². The maximum absolute atomic E-state index is 13.9. The van der Waals surface area contributed by atoms with Gasteiger partial charge in [-0.05, 0) is 145 Å². The molecular formula is C33H60N4O2. The van der Waals surface area contributed by atoms with Gasteiger partial charge in [0.2, 0.25) is 5.91 Å². The van der Waals surface area contributed by atoms with Crippen LogP contribution in [0, 0.1) is 46.3 Å². The Morgan fingerprint density at radius 2 is 1.69 bits per heavy atom. The summed E-state index contributed by atoms with van der Waals surface area (Å²) in [5, 5.41) is 10.4. The van der Waals surface area contributed by atoms with Gasteiger partial charge in [0.25, 0.3) is 0 Å². The van der Waals surface area contributed by atoms with E-state index in [1.807, 2.05) is 13.8 Å². The van der Waals surface area contributed by atoms with Crippen molar-refractivity contribution in [2.45, 2.75) is 124 Å². The quantitative estimate of drug-likeness (QED) is 0.243. The molecule has 4 saturated carbocycles. The number of amides is 1. The molecule has 4 aliphatic rings. The fraction of sp³-hybridized carbons (Fsp3) is 0.939. The number of hydrogen-bond donors (Lipinski definition) is 4. The Kier molecular flexibility index (Phi) is 10.6. The number of hydrogen-bond acceptors (Lipinski definition) is 5. The minimum Gasteiger partial charge on any atom is -0.354 e. The van der Waals surface area contributed by atoms with Crippen LogP contribution in [-0.2, 0) is 9.59 Å². The highest BCUT2D eigenvalue weighted by atomic mass is 16.1. The third-order valence-corrected chi connectivity index (χ3v) is 12.0. The summed E-state index contributed by atoms with van der Waals surface area (Å²) in [5.41, 5.74) is 6.15. The molecule has 0 saturated heterocycles. The molecule has 0 aromatic carbocycles. The van der Waals surface area contributed by atoms with Crippen molar-refractivity contribution in [3.63, 3.8) is 0 Å². The van der Waals surface area contributed by atoms with Crippen molar-refractivity contribution in [3.05, 3.63) is 0 Å². The molecule has 0 radical (unpaired) electrons. The minimum atomic E-state index is 0.186. The van der Waals surface area contributed by atoms with Crippen molar-refractivity contribution in [1.29, 1.82) is 0 Å². The van der Waals surface area contributed by atoms with Crippen molar-refractivity contribution in [2.24, 2.45) is 52.1 Å². The van der Waals surface area contributed by atoms with E-state index in [1.165, 1.54) is 44.9 Å². The van der Waals surface area contributed by atoms with Gasteiger partial charge < -0.3 is 21.7 Å². The van der Waals surface area contributed by atoms with Gasteiger partial charge in [-0.2, -0.15) is 0 Å². The fourth-order valence-corrected chi connectivity index (χ4v) is 9.92. The van der Waals surface area contributed by atoms with Crippen LogP contribution in [0.2, 0.25) is 0 Å². The van der Waals surface area contributed by atoms with Gasteiger partial charge in [-0.3, -0.25) is 9.59 Å². The Bertz CT molecular complexity index is 833. The molecule has 5 N–H and O–H groups in total. The van der Waals surface area contributed by atoms with Crippen LogP contribution in [0.1, 0.15) is 112 Å². The van der Waals surface area contributed by atoms with Crippen molar-refractivity contribution < 1.29 is 9.59 Å². The highest BCUT2D eigenvalue weighted by molar-refractivity contribution is 5.83. The zero-order chi connectivity index (χ0) is 28.2. The summed E-state index contributed by atoms with van der Waals surface area (Å²) in [6.45, 7) is 15.4. The molecule has 0 aromatic rings. The molecule has 4 unspecified atom stereocenters. The van der Waals surface area contributed by atoms with E-state index in [4.69, 9.17) is 5.73 Å². The lowest BCUT2D eigenvalue weighted by molar-refractivity contribution is -0.157. The molecule has 6 nitrogen and oxygen atoms in total. The molecule has 4 aliphatic carbocycles.